The average Bonchev–Trinajstić information content (AvgIpc) is 2.94. The van der Waals surface area contributed by atoms with Crippen molar-refractivity contribution in [1.29, 1.82) is 0 Å². The summed E-state index contributed by atoms with van der Waals surface area (Å²) in [7, 11) is -6.62. The number of aromatic nitrogens is 1. The van der Waals surface area contributed by atoms with Crippen LogP contribution in [0.25, 0.3) is 0 Å². The van der Waals surface area contributed by atoms with Gasteiger partial charge in [-0.15, -0.1) is 0 Å². The number of nitrogen functional groups attached to an aromatic ring is 1. The molecule has 11 heteroatoms. The Hall–Kier alpha value is -3.21. The van der Waals surface area contributed by atoms with Gasteiger partial charge in [0.15, 0.2) is 5.75 Å². The Morgan fingerprint density at radius 1 is 1.23 bits per heavy atom. The number of nitrogens with two attached hydrogens (primary N) is 1. The van der Waals surface area contributed by atoms with Crippen LogP contribution >= 0.6 is 0 Å². The Kier molecular flexibility index (Phi) is 4.64. The van der Waals surface area contributed by atoms with Crippen molar-refractivity contribution < 1.29 is 36.0 Å². The van der Waals surface area contributed by atoms with Crippen molar-refractivity contribution >= 4 is 27.3 Å². The average molecular weight is 440 g/mol. The van der Waals surface area contributed by atoms with Crippen molar-refractivity contribution in [3.05, 3.63) is 46.9 Å². The minimum absolute atomic E-state index is 0.0549. The predicted molar refractivity (Wildman–Crippen MR) is 106 cm³/mol. The lowest BCUT2D eigenvalue weighted by atomic mass is 10.1. The largest absolute Gasteiger partial charge is 0.491 e. The van der Waals surface area contributed by atoms with Gasteiger partial charge in [-0.2, -0.15) is 0 Å². The number of fused-ring (bicyclic) bond motifs is 1. The van der Waals surface area contributed by atoms with Gasteiger partial charge >= 0.3 is 0 Å². The van der Waals surface area contributed by atoms with E-state index in [1.54, 1.807) is 6.92 Å². The van der Waals surface area contributed by atoms with E-state index in [9.17, 15) is 22.4 Å². The quantitative estimate of drug-likeness (QED) is 0.508. The molecule has 2 N–H and O–H groups in total. The topological polar surface area (TPSA) is 129 Å². The Morgan fingerprint density at radius 2 is 1.93 bits per heavy atom. The molecule has 2 heterocycles. The molecule has 0 radical (unpaired) electrons. The van der Waals surface area contributed by atoms with Gasteiger partial charge in [0.1, 0.15) is 15.7 Å². The van der Waals surface area contributed by atoms with Crippen LogP contribution in [0.3, 0.4) is 0 Å². The fourth-order valence-electron chi connectivity index (χ4n) is 3.17. The first kappa shape index (κ1) is 17.6. The fourth-order valence-corrected chi connectivity index (χ4v) is 4.07. The molecule has 9 nitrogen and oxygen atoms in total. The van der Waals surface area contributed by atoms with Crippen LogP contribution in [0.15, 0.2) is 24.3 Å². The van der Waals surface area contributed by atoms with Crippen LogP contribution in [0.4, 0.5) is 10.1 Å². The number of pyridine rings is 1. The van der Waals surface area contributed by atoms with Crippen LogP contribution in [0, 0.1) is 5.82 Å². The van der Waals surface area contributed by atoms with Crippen molar-refractivity contribution in [2.45, 2.75) is 13.0 Å². The second kappa shape index (κ2) is 7.90. The summed E-state index contributed by atoms with van der Waals surface area (Å²) in [5.74, 6) is -4.32. The van der Waals surface area contributed by atoms with E-state index in [1.807, 2.05) is 0 Å². The normalized spacial score (nSPS) is 16.5. The number of anilines is 1. The lowest BCUT2D eigenvalue weighted by Crippen LogP contribution is -2.38. The smallest absolute Gasteiger partial charge is 0.265 e. The number of benzene rings is 1. The molecule has 1 aliphatic heterocycles. The third-order valence-corrected chi connectivity index (χ3v) is 5.32. The third kappa shape index (κ3) is 3.80. The maximum atomic E-state index is 14.4. The molecule has 3 rings (SSSR count). The molecule has 1 aromatic carbocycles. The second-order valence-corrected chi connectivity index (χ2v) is 8.73. The highest BCUT2D eigenvalue weighted by molar-refractivity contribution is 7.90. The van der Waals surface area contributed by atoms with Crippen LogP contribution < -0.4 is 15.2 Å². The number of rotatable bonds is 7. The standard InChI is InChI=1S/C19H20FN3O6S/c1-4-29-17-14(28-2)8-7-12(22-17)13(9-30(3,26)27)23-18(24)15-10(20)5-6-11(21)16(15)19(23)25/h5-8,13H,4,9,21H2,1-3H3/t13-/m0/s1/i2D3. The van der Waals surface area contributed by atoms with E-state index in [0.29, 0.717) is 4.90 Å². The van der Waals surface area contributed by atoms with Gasteiger partial charge in [-0.05, 0) is 31.2 Å². The first-order valence-electron chi connectivity index (χ1n) is 10.2. The van der Waals surface area contributed by atoms with Crippen LogP contribution in [0.5, 0.6) is 11.6 Å². The Balaban J connectivity index is 2.14. The summed E-state index contributed by atoms with van der Waals surface area (Å²) in [4.78, 5) is 30.8. The van der Waals surface area contributed by atoms with E-state index in [1.165, 1.54) is 12.1 Å². The van der Waals surface area contributed by atoms with Gasteiger partial charge in [0, 0.05) is 11.9 Å². The summed E-state index contributed by atoms with van der Waals surface area (Å²) in [6.07, 6.45) is 0.892. The molecule has 1 aliphatic rings. The highest BCUT2D eigenvalue weighted by Gasteiger charge is 2.45. The maximum absolute atomic E-state index is 14.4. The lowest BCUT2D eigenvalue weighted by Gasteiger charge is -2.25. The van der Waals surface area contributed by atoms with Crippen LogP contribution in [0.2, 0.25) is 0 Å². The maximum Gasteiger partial charge on any atom is 0.265 e. The Bertz CT molecular complexity index is 1200. The van der Waals surface area contributed by atoms with Crippen LogP contribution in [-0.2, 0) is 9.84 Å². The van der Waals surface area contributed by atoms with Crippen molar-refractivity contribution in [1.82, 2.24) is 9.88 Å². The van der Waals surface area contributed by atoms with E-state index >= 15 is 0 Å². The molecule has 160 valence electrons. The molecule has 0 saturated carbocycles. The number of carbonyl (C=O) groups is 2. The van der Waals surface area contributed by atoms with Crippen molar-refractivity contribution in [3.63, 3.8) is 0 Å². The third-order valence-electron chi connectivity index (χ3n) is 4.40. The molecular formula is C19H20FN3O6S. The van der Waals surface area contributed by atoms with Gasteiger partial charge in [0.2, 0.25) is 0 Å². The van der Waals surface area contributed by atoms with E-state index in [-0.39, 0.29) is 35.2 Å². The number of sulfone groups is 1. The fraction of sp³-hybridized carbons (Fsp3) is 0.316. The highest BCUT2D eigenvalue weighted by atomic mass is 32.2. The number of ether oxygens (including phenoxy) is 2. The van der Waals surface area contributed by atoms with Gasteiger partial charge in [-0.1, -0.05) is 0 Å². The van der Waals surface area contributed by atoms with E-state index in [0.717, 1.165) is 18.4 Å². The molecule has 2 aromatic rings. The summed E-state index contributed by atoms with van der Waals surface area (Å²) in [6.45, 7) is 1.65. The summed E-state index contributed by atoms with van der Waals surface area (Å²) < 4.78 is 70.6. The SMILES string of the molecule is [2H]C([2H])([2H])Oc1ccc([C@H](CS(C)(=O)=O)N2C(=O)c3c(N)ccc(F)c3C2=O)nc1OCC. The number of amides is 2. The Labute approximate surface area is 176 Å². The second-order valence-electron chi connectivity index (χ2n) is 6.55. The molecule has 0 aliphatic carbocycles. The summed E-state index contributed by atoms with van der Waals surface area (Å²) in [5.41, 5.74) is 4.58. The number of imide groups is 1. The Morgan fingerprint density at radius 3 is 2.53 bits per heavy atom. The van der Waals surface area contributed by atoms with Gasteiger partial charge in [-0.25, -0.2) is 17.8 Å². The predicted octanol–water partition coefficient (Wildman–Crippen LogP) is 1.59. The summed E-state index contributed by atoms with van der Waals surface area (Å²) in [5, 5.41) is 0. The number of hydrogen-bond donors (Lipinski definition) is 1. The minimum atomic E-state index is -3.80. The zero-order chi connectivity index (χ0) is 24.7. The number of methoxy groups -OCH3 is 1. The van der Waals surface area contributed by atoms with Crippen molar-refractivity contribution in [3.8, 4) is 11.6 Å². The van der Waals surface area contributed by atoms with E-state index < -0.39 is 51.9 Å². The zero-order valence-corrected chi connectivity index (χ0v) is 16.8. The lowest BCUT2D eigenvalue weighted by molar-refractivity contribution is 0.0593. The number of halogens is 1. The molecule has 1 aromatic heterocycles. The van der Waals surface area contributed by atoms with Crippen LogP contribution in [0.1, 0.15) is 43.5 Å². The van der Waals surface area contributed by atoms with E-state index in [2.05, 4.69) is 4.98 Å². The van der Waals surface area contributed by atoms with Gasteiger partial charge in [-0.3, -0.25) is 14.5 Å². The number of nitrogens with zero attached hydrogens (tertiary/aromatic N) is 2. The molecule has 0 bridgehead atoms. The molecule has 0 fully saturated rings. The van der Waals surface area contributed by atoms with Gasteiger partial charge in [0.05, 0.1) is 46.4 Å². The molecule has 2 amide bonds. The molecule has 0 unspecified atom stereocenters. The first-order valence-corrected chi connectivity index (χ1v) is 10.8. The molecular weight excluding hydrogens is 417 g/mol. The van der Waals surface area contributed by atoms with Crippen molar-refractivity contribution in [2.24, 2.45) is 0 Å². The first-order chi connectivity index (χ1) is 15.2. The minimum Gasteiger partial charge on any atom is -0.491 e. The molecule has 1 atom stereocenters. The summed E-state index contributed by atoms with van der Waals surface area (Å²) in [6, 6.07) is 2.94. The van der Waals surface area contributed by atoms with E-state index in [4.69, 9.17) is 19.3 Å². The number of hydrogen-bond acceptors (Lipinski definition) is 8. The zero-order valence-electron chi connectivity index (χ0n) is 19.0. The number of carbonyl (C=O) groups excluding carboxylic acids is 2. The van der Waals surface area contributed by atoms with Crippen LogP contribution in [-0.4, -0.2) is 55.8 Å². The molecule has 0 saturated heterocycles. The molecule has 30 heavy (non-hydrogen) atoms. The van der Waals surface area contributed by atoms with Crippen molar-refractivity contribution in [2.75, 3.05) is 31.4 Å². The highest BCUT2D eigenvalue weighted by Crippen LogP contribution is 2.37. The molecule has 0 spiro atoms. The monoisotopic (exact) mass is 440 g/mol. The summed E-state index contributed by atoms with van der Waals surface area (Å²) >= 11 is 0. The van der Waals surface area contributed by atoms with Gasteiger partial charge < -0.3 is 15.2 Å². The van der Waals surface area contributed by atoms with Gasteiger partial charge in [0.25, 0.3) is 17.7 Å².